The summed E-state index contributed by atoms with van der Waals surface area (Å²) in [5.74, 6) is 0.757. The molecule has 154 valence electrons. The molecular weight excluding hydrogens is 375 g/mol. The number of carbonyl (C=O) groups excluding carboxylic acids is 1. The van der Waals surface area contributed by atoms with Gasteiger partial charge in [0, 0.05) is 24.0 Å². The number of hydrogen-bond donors (Lipinski definition) is 4. The lowest BCUT2D eigenvalue weighted by Crippen LogP contribution is -2.35. The zero-order chi connectivity index (χ0) is 21.0. The summed E-state index contributed by atoms with van der Waals surface area (Å²) < 4.78 is 19.5. The third kappa shape index (κ3) is 4.80. The molecule has 3 aromatic rings. The fourth-order valence-corrected chi connectivity index (χ4v) is 3.02. The molecule has 3 rings (SSSR count). The van der Waals surface area contributed by atoms with Gasteiger partial charge >= 0.3 is 6.03 Å². The number of nitrogens with two attached hydrogens (primary N) is 1. The molecule has 0 fully saturated rings. The lowest BCUT2D eigenvalue weighted by molar-refractivity contribution is 0.241. The normalized spacial score (nSPS) is 12.2. The topological polar surface area (TPSA) is 118 Å². The summed E-state index contributed by atoms with van der Waals surface area (Å²) in [6.45, 7) is 6.83. The van der Waals surface area contributed by atoms with Gasteiger partial charge in [-0.05, 0) is 31.0 Å². The molecule has 29 heavy (non-hydrogen) atoms. The van der Waals surface area contributed by atoms with E-state index in [9.17, 15) is 9.18 Å². The molecule has 1 aromatic carbocycles. The van der Waals surface area contributed by atoms with Crippen LogP contribution in [0.3, 0.4) is 0 Å². The maximum absolute atomic E-state index is 13.6. The van der Waals surface area contributed by atoms with E-state index in [1.807, 2.05) is 20.8 Å². The molecule has 0 aliphatic rings. The summed E-state index contributed by atoms with van der Waals surface area (Å²) in [4.78, 5) is 20.8. The molecule has 0 spiro atoms. The molecule has 0 aliphatic carbocycles. The zero-order valence-corrected chi connectivity index (χ0v) is 16.6. The lowest BCUT2D eigenvalue weighted by Gasteiger charge is -2.21. The first-order valence-electron chi connectivity index (χ1n) is 9.41. The van der Waals surface area contributed by atoms with Gasteiger partial charge in [-0.1, -0.05) is 13.8 Å². The van der Waals surface area contributed by atoms with Crippen molar-refractivity contribution >= 4 is 28.6 Å². The van der Waals surface area contributed by atoms with Gasteiger partial charge in [0.1, 0.15) is 17.2 Å². The Labute approximate surface area is 168 Å². The molecule has 1 atom stereocenters. The standard InChI is InChI=1S/C20H25FN6O2/c1-11(2)17(18-12(3)15-8-13(21)4-5-16(15)29-18)27-20(28)26-14-9-24-19(25-10-14)23-7-6-22/h4-5,8-11,17H,6-7,22H2,1-3H3,(H,23,24,25)(H2,26,27,28)/t17-/m0/s1. The Morgan fingerprint density at radius 3 is 2.66 bits per heavy atom. The number of hydrogen-bond acceptors (Lipinski definition) is 6. The van der Waals surface area contributed by atoms with E-state index >= 15 is 0 Å². The Morgan fingerprint density at radius 2 is 2.00 bits per heavy atom. The van der Waals surface area contributed by atoms with E-state index in [0.29, 0.717) is 41.5 Å². The number of aryl methyl sites for hydroxylation is 1. The SMILES string of the molecule is Cc1c([C@@H](NC(=O)Nc2cnc(NCCN)nc2)C(C)C)oc2ccc(F)cc12. The first kappa shape index (κ1) is 20.5. The number of halogens is 1. The highest BCUT2D eigenvalue weighted by molar-refractivity contribution is 5.89. The van der Waals surface area contributed by atoms with Crippen molar-refractivity contribution in [2.75, 3.05) is 23.7 Å². The molecule has 5 N–H and O–H groups in total. The van der Waals surface area contributed by atoms with E-state index in [0.717, 1.165) is 5.56 Å². The second kappa shape index (κ2) is 8.87. The van der Waals surface area contributed by atoms with Gasteiger partial charge in [0.25, 0.3) is 0 Å². The van der Waals surface area contributed by atoms with Gasteiger partial charge in [0.05, 0.1) is 24.1 Å². The average molecular weight is 400 g/mol. The van der Waals surface area contributed by atoms with Crippen LogP contribution in [0.5, 0.6) is 0 Å². The molecule has 0 radical (unpaired) electrons. The van der Waals surface area contributed by atoms with Crippen molar-refractivity contribution in [1.82, 2.24) is 15.3 Å². The van der Waals surface area contributed by atoms with Gasteiger partial charge < -0.3 is 26.1 Å². The number of rotatable bonds is 7. The largest absolute Gasteiger partial charge is 0.459 e. The number of furan rings is 1. The van der Waals surface area contributed by atoms with Crippen molar-refractivity contribution in [1.29, 1.82) is 0 Å². The van der Waals surface area contributed by atoms with Gasteiger partial charge in [0.2, 0.25) is 5.95 Å². The van der Waals surface area contributed by atoms with Gasteiger partial charge in [-0.2, -0.15) is 0 Å². The number of aromatic nitrogens is 2. The van der Waals surface area contributed by atoms with E-state index < -0.39 is 12.1 Å². The number of carbonyl (C=O) groups is 1. The van der Waals surface area contributed by atoms with Crippen LogP contribution in [0.2, 0.25) is 0 Å². The molecule has 0 saturated carbocycles. The summed E-state index contributed by atoms with van der Waals surface area (Å²) in [6.07, 6.45) is 3.01. The van der Waals surface area contributed by atoms with Gasteiger partial charge in [-0.3, -0.25) is 0 Å². The van der Waals surface area contributed by atoms with Gasteiger partial charge in [0.15, 0.2) is 0 Å². The molecule has 0 unspecified atom stereocenters. The third-order valence-corrected chi connectivity index (χ3v) is 4.51. The fraction of sp³-hybridized carbons (Fsp3) is 0.350. The highest BCUT2D eigenvalue weighted by Gasteiger charge is 2.25. The van der Waals surface area contributed by atoms with E-state index in [1.165, 1.54) is 24.5 Å². The van der Waals surface area contributed by atoms with Crippen LogP contribution in [0.15, 0.2) is 35.0 Å². The van der Waals surface area contributed by atoms with E-state index in [2.05, 4.69) is 25.9 Å². The number of nitrogens with zero attached hydrogens (tertiary/aromatic N) is 2. The Bertz CT molecular complexity index is 987. The number of nitrogens with one attached hydrogen (secondary N) is 3. The molecule has 2 amide bonds. The summed E-state index contributed by atoms with van der Waals surface area (Å²) in [5.41, 5.74) is 7.26. The van der Waals surface area contributed by atoms with Crippen LogP contribution in [0.1, 0.15) is 31.2 Å². The van der Waals surface area contributed by atoms with Crippen LogP contribution >= 0.6 is 0 Å². The third-order valence-electron chi connectivity index (χ3n) is 4.51. The van der Waals surface area contributed by atoms with Gasteiger partial charge in [-0.25, -0.2) is 19.2 Å². The predicted octanol–water partition coefficient (Wildman–Crippen LogP) is 3.56. The highest BCUT2D eigenvalue weighted by atomic mass is 19.1. The Balaban J connectivity index is 1.74. The highest BCUT2D eigenvalue weighted by Crippen LogP contribution is 2.33. The van der Waals surface area contributed by atoms with Crippen LogP contribution in [-0.2, 0) is 0 Å². The van der Waals surface area contributed by atoms with Crippen molar-refractivity contribution in [2.45, 2.75) is 26.8 Å². The predicted molar refractivity (Wildman–Crippen MR) is 110 cm³/mol. The molecule has 8 nitrogen and oxygen atoms in total. The Hall–Kier alpha value is -3.20. The van der Waals surface area contributed by atoms with Crippen molar-refractivity contribution < 1.29 is 13.6 Å². The molecule has 0 bridgehead atoms. The van der Waals surface area contributed by atoms with Crippen molar-refractivity contribution in [2.24, 2.45) is 11.7 Å². The number of benzene rings is 1. The molecule has 2 aromatic heterocycles. The quantitative estimate of drug-likeness (QED) is 0.482. The summed E-state index contributed by atoms with van der Waals surface area (Å²) in [5, 5.41) is 9.28. The average Bonchev–Trinajstić information content (AvgIpc) is 3.01. The molecule has 0 saturated heterocycles. The second-order valence-electron chi connectivity index (χ2n) is 7.06. The number of fused-ring (bicyclic) bond motifs is 1. The van der Waals surface area contributed by atoms with Crippen LogP contribution in [-0.4, -0.2) is 29.1 Å². The van der Waals surface area contributed by atoms with Crippen LogP contribution in [0.25, 0.3) is 11.0 Å². The van der Waals surface area contributed by atoms with Crippen molar-refractivity contribution in [3.63, 3.8) is 0 Å². The summed E-state index contributed by atoms with van der Waals surface area (Å²) in [7, 11) is 0. The zero-order valence-electron chi connectivity index (χ0n) is 16.6. The van der Waals surface area contributed by atoms with E-state index in [4.69, 9.17) is 10.2 Å². The van der Waals surface area contributed by atoms with Crippen molar-refractivity contribution in [3.05, 3.63) is 47.7 Å². The molecular formula is C20H25FN6O2. The molecule has 0 aliphatic heterocycles. The number of amides is 2. The Kier molecular flexibility index (Phi) is 6.28. The fourth-order valence-electron chi connectivity index (χ4n) is 3.02. The van der Waals surface area contributed by atoms with Gasteiger partial charge in [-0.15, -0.1) is 0 Å². The first-order chi connectivity index (χ1) is 13.9. The van der Waals surface area contributed by atoms with Crippen LogP contribution < -0.4 is 21.7 Å². The number of urea groups is 1. The minimum absolute atomic E-state index is 0.0453. The maximum Gasteiger partial charge on any atom is 0.319 e. The maximum atomic E-state index is 13.6. The molecule has 2 heterocycles. The van der Waals surface area contributed by atoms with E-state index in [1.54, 1.807) is 6.07 Å². The van der Waals surface area contributed by atoms with Crippen molar-refractivity contribution in [3.8, 4) is 0 Å². The monoisotopic (exact) mass is 400 g/mol. The smallest absolute Gasteiger partial charge is 0.319 e. The lowest BCUT2D eigenvalue weighted by atomic mass is 9.98. The minimum atomic E-state index is -0.416. The van der Waals surface area contributed by atoms with Crippen LogP contribution in [0, 0.1) is 18.7 Å². The molecule has 9 heteroatoms. The van der Waals surface area contributed by atoms with E-state index in [-0.39, 0.29) is 11.7 Å². The summed E-state index contributed by atoms with van der Waals surface area (Å²) in [6, 6.07) is 3.58. The first-order valence-corrected chi connectivity index (χ1v) is 9.41. The number of anilines is 2. The second-order valence-corrected chi connectivity index (χ2v) is 7.06. The Morgan fingerprint density at radius 1 is 1.28 bits per heavy atom. The van der Waals surface area contributed by atoms with Crippen LogP contribution in [0.4, 0.5) is 20.8 Å². The minimum Gasteiger partial charge on any atom is -0.459 e. The summed E-state index contributed by atoms with van der Waals surface area (Å²) >= 11 is 0.